The van der Waals surface area contributed by atoms with Gasteiger partial charge in [-0.15, -0.1) is 0 Å². The number of aliphatic carboxylic acids is 1. The van der Waals surface area contributed by atoms with Crippen LogP contribution in [0.4, 0.5) is 9.18 Å². The van der Waals surface area contributed by atoms with Gasteiger partial charge in [0.2, 0.25) is 0 Å². The first kappa shape index (κ1) is 20.5. The lowest BCUT2D eigenvalue weighted by atomic mass is 9.57. The van der Waals surface area contributed by atoms with Crippen molar-refractivity contribution in [2.24, 2.45) is 5.41 Å². The van der Waals surface area contributed by atoms with E-state index in [1.807, 2.05) is 17.0 Å². The molecule has 32 heavy (non-hydrogen) atoms. The molecule has 8 heteroatoms. The number of aromatic nitrogens is 2. The van der Waals surface area contributed by atoms with Gasteiger partial charge in [-0.1, -0.05) is 12.5 Å². The Labute approximate surface area is 184 Å². The van der Waals surface area contributed by atoms with Crippen molar-refractivity contribution in [2.75, 3.05) is 6.54 Å². The van der Waals surface area contributed by atoms with Crippen molar-refractivity contribution in [3.63, 3.8) is 0 Å². The van der Waals surface area contributed by atoms with Gasteiger partial charge in [0.05, 0.1) is 24.0 Å². The van der Waals surface area contributed by atoms with E-state index in [1.54, 1.807) is 18.3 Å². The molecule has 2 aromatic rings. The minimum atomic E-state index is -0.959. The lowest BCUT2D eigenvalue weighted by Crippen LogP contribution is -2.57. The summed E-state index contributed by atoms with van der Waals surface area (Å²) in [6, 6.07) is 6.24. The maximum absolute atomic E-state index is 13.4. The van der Waals surface area contributed by atoms with Crippen LogP contribution in [0.5, 0.6) is 0 Å². The van der Waals surface area contributed by atoms with E-state index in [0.29, 0.717) is 12.8 Å². The van der Waals surface area contributed by atoms with Crippen LogP contribution in [-0.2, 0) is 16.0 Å². The molecule has 0 unspecified atom stereocenters. The average Bonchev–Trinajstić information content (AvgIpc) is 3.15. The molecule has 0 saturated heterocycles. The van der Waals surface area contributed by atoms with Gasteiger partial charge in [0.25, 0.3) is 0 Å². The van der Waals surface area contributed by atoms with E-state index in [-0.39, 0.29) is 18.8 Å². The highest BCUT2D eigenvalue weighted by Crippen LogP contribution is 2.56. The Kier molecular flexibility index (Phi) is 4.69. The van der Waals surface area contributed by atoms with Crippen LogP contribution in [-0.4, -0.2) is 44.0 Å². The van der Waals surface area contributed by atoms with Gasteiger partial charge in [-0.05, 0) is 67.7 Å². The molecule has 2 atom stereocenters. The second-order valence-corrected chi connectivity index (χ2v) is 8.89. The van der Waals surface area contributed by atoms with Crippen LogP contribution in [0.3, 0.4) is 0 Å². The maximum atomic E-state index is 13.4. The molecule has 5 rings (SSSR count). The highest BCUT2D eigenvalue weighted by molar-refractivity contribution is 5.74. The van der Waals surface area contributed by atoms with Crippen molar-refractivity contribution in [3.8, 4) is 5.69 Å². The summed E-state index contributed by atoms with van der Waals surface area (Å²) in [5.74, 6) is -1.25. The van der Waals surface area contributed by atoms with Gasteiger partial charge in [-0.3, -0.25) is 9.69 Å². The molecule has 0 bridgehead atoms. The molecule has 166 valence electrons. The van der Waals surface area contributed by atoms with Gasteiger partial charge >= 0.3 is 12.1 Å². The number of halogens is 1. The number of hydrogen-bond acceptors (Lipinski definition) is 4. The Morgan fingerprint density at radius 1 is 1.31 bits per heavy atom. The molecule has 1 aliphatic heterocycles. The highest BCUT2D eigenvalue weighted by Gasteiger charge is 2.56. The number of amides is 1. The predicted octanol–water partition coefficient (Wildman–Crippen LogP) is 4.32. The van der Waals surface area contributed by atoms with E-state index in [9.17, 15) is 14.0 Å². The van der Waals surface area contributed by atoms with Crippen LogP contribution in [0.25, 0.3) is 11.8 Å². The number of fused-ring (bicyclic) bond motifs is 3. The first-order chi connectivity index (χ1) is 15.3. The Balaban J connectivity index is 1.49. The van der Waals surface area contributed by atoms with Crippen LogP contribution >= 0.6 is 0 Å². The number of benzene rings is 1. The van der Waals surface area contributed by atoms with Crippen molar-refractivity contribution in [1.29, 1.82) is 0 Å². The molecule has 7 nitrogen and oxygen atoms in total. The summed E-state index contributed by atoms with van der Waals surface area (Å²) in [4.78, 5) is 25.0. The van der Waals surface area contributed by atoms with Crippen molar-refractivity contribution in [2.45, 2.75) is 44.6 Å². The lowest BCUT2D eigenvalue weighted by molar-refractivity contribution is -0.137. The largest absolute Gasteiger partial charge is 0.481 e. The normalized spacial score (nSPS) is 26.4. The fourth-order valence-electron chi connectivity index (χ4n) is 5.21. The lowest BCUT2D eigenvalue weighted by Gasteiger charge is -2.53. The fraction of sp³-hybridized carbons (Fsp3) is 0.375. The third-order valence-corrected chi connectivity index (χ3v) is 7.04. The Morgan fingerprint density at radius 3 is 2.81 bits per heavy atom. The summed E-state index contributed by atoms with van der Waals surface area (Å²) in [5, 5.41) is 13.5. The number of nitrogens with zero attached hydrogens (tertiary/aromatic N) is 3. The van der Waals surface area contributed by atoms with E-state index < -0.39 is 23.1 Å². The minimum Gasteiger partial charge on any atom is -0.481 e. The number of carbonyl (C=O) groups excluding carboxylic acids is 1. The number of carboxylic acid groups (broad SMARTS) is 1. The van der Waals surface area contributed by atoms with Gasteiger partial charge in [0, 0.05) is 18.2 Å². The monoisotopic (exact) mass is 437 g/mol. The Hall–Kier alpha value is -3.42. The molecule has 1 saturated carbocycles. The third kappa shape index (κ3) is 3.13. The molecule has 2 aliphatic carbocycles. The van der Waals surface area contributed by atoms with E-state index >= 15 is 0 Å². The molecule has 1 fully saturated rings. The quantitative estimate of drug-likeness (QED) is 0.770. The van der Waals surface area contributed by atoms with Crippen LogP contribution in [0, 0.1) is 11.2 Å². The molecule has 1 N–H and O–H groups in total. The SMILES string of the molecule is C[C@]12Cc3cnn(-c4ccc(F)cc4)c3C=C1CCC[C@@]21C=CN(CCC(=O)O)C(=O)O1. The summed E-state index contributed by atoms with van der Waals surface area (Å²) < 4.78 is 21.2. The molecular formula is C24H24FN3O4. The Morgan fingerprint density at radius 2 is 2.09 bits per heavy atom. The van der Waals surface area contributed by atoms with Crippen LogP contribution < -0.4 is 0 Å². The van der Waals surface area contributed by atoms with Gasteiger partial charge in [-0.25, -0.2) is 13.9 Å². The summed E-state index contributed by atoms with van der Waals surface area (Å²) in [7, 11) is 0. The molecule has 1 spiro atoms. The first-order valence-corrected chi connectivity index (χ1v) is 10.8. The fourth-order valence-corrected chi connectivity index (χ4v) is 5.21. The number of ether oxygens (including phenoxy) is 1. The van der Waals surface area contributed by atoms with Gasteiger partial charge < -0.3 is 9.84 Å². The standard InChI is InChI=1S/C24H24FN3O4/c1-23-14-16-15-26-28(19-6-4-18(25)5-7-19)20(16)13-17(23)3-2-9-24(23)10-12-27(22(31)32-24)11-8-21(29)30/h4-7,10,12-13,15H,2-3,8-9,11,14H2,1H3,(H,29,30)/t23-,24+/m0/s1. The van der Waals surface area contributed by atoms with Crippen molar-refractivity contribution < 1.29 is 23.8 Å². The molecular weight excluding hydrogens is 413 g/mol. The highest BCUT2D eigenvalue weighted by atomic mass is 19.1. The topological polar surface area (TPSA) is 84.7 Å². The third-order valence-electron chi connectivity index (χ3n) is 7.04. The molecule has 1 amide bonds. The predicted molar refractivity (Wildman–Crippen MR) is 114 cm³/mol. The van der Waals surface area contributed by atoms with E-state index in [0.717, 1.165) is 29.8 Å². The second-order valence-electron chi connectivity index (χ2n) is 8.89. The zero-order valence-electron chi connectivity index (χ0n) is 17.8. The molecule has 1 aromatic carbocycles. The second kappa shape index (κ2) is 7.32. The summed E-state index contributed by atoms with van der Waals surface area (Å²) in [6.45, 7) is 2.20. The number of carbonyl (C=O) groups is 2. The molecule has 0 radical (unpaired) electrons. The molecule has 3 aliphatic rings. The Bertz CT molecular complexity index is 1150. The van der Waals surface area contributed by atoms with Gasteiger partial charge in [0.1, 0.15) is 11.4 Å². The summed E-state index contributed by atoms with van der Waals surface area (Å²) in [6.07, 6.45) is 10.0. The summed E-state index contributed by atoms with van der Waals surface area (Å²) >= 11 is 0. The average molecular weight is 437 g/mol. The van der Waals surface area contributed by atoms with Crippen molar-refractivity contribution in [1.82, 2.24) is 14.7 Å². The molecule has 2 heterocycles. The number of carboxylic acids is 1. The zero-order valence-corrected chi connectivity index (χ0v) is 17.8. The first-order valence-electron chi connectivity index (χ1n) is 10.8. The van der Waals surface area contributed by atoms with Crippen LogP contribution in [0.1, 0.15) is 43.9 Å². The van der Waals surface area contributed by atoms with E-state index in [4.69, 9.17) is 9.84 Å². The van der Waals surface area contributed by atoms with Crippen LogP contribution in [0.15, 0.2) is 48.3 Å². The summed E-state index contributed by atoms with van der Waals surface area (Å²) in [5.41, 5.74) is 2.77. The van der Waals surface area contributed by atoms with E-state index in [2.05, 4.69) is 18.1 Å². The van der Waals surface area contributed by atoms with Gasteiger partial charge in [0.15, 0.2) is 0 Å². The molecule has 1 aromatic heterocycles. The number of rotatable bonds is 4. The van der Waals surface area contributed by atoms with E-state index in [1.165, 1.54) is 22.6 Å². The smallest absolute Gasteiger partial charge is 0.414 e. The number of hydrogen-bond donors (Lipinski definition) is 1. The van der Waals surface area contributed by atoms with Crippen LogP contribution in [0.2, 0.25) is 0 Å². The minimum absolute atomic E-state index is 0.0781. The van der Waals surface area contributed by atoms with Crippen molar-refractivity contribution in [3.05, 3.63) is 65.4 Å². The zero-order chi connectivity index (χ0) is 22.5. The maximum Gasteiger partial charge on any atom is 0.414 e. The van der Waals surface area contributed by atoms with Gasteiger partial charge in [-0.2, -0.15) is 5.10 Å². The van der Waals surface area contributed by atoms with Crippen molar-refractivity contribution >= 4 is 18.1 Å².